The Morgan fingerprint density at radius 2 is 1.50 bits per heavy atom. The largest absolute Gasteiger partial charge is 0.298 e. The molecule has 1 aromatic heterocycles. The predicted molar refractivity (Wildman–Crippen MR) is 129 cm³/mol. The molecule has 0 radical (unpaired) electrons. The summed E-state index contributed by atoms with van der Waals surface area (Å²) in [5.74, 6) is -0.489. The van der Waals surface area contributed by atoms with Crippen molar-refractivity contribution >= 4 is 61.3 Å². The van der Waals surface area contributed by atoms with Crippen LogP contribution in [0.5, 0.6) is 0 Å². The second-order valence-electron chi connectivity index (χ2n) is 6.60. The van der Waals surface area contributed by atoms with Crippen LogP contribution in [0.3, 0.4) is 0 Å². The number of thiazole rings is 1. The summed E-state index contributed by atoms with van der Waals surface area (Å²) in [4.78, 5) is 17.3. The Bertz CT molecular complexity index is 1370. The van der Waals surface area contributed by atoms with E-state index in [1.807, 2.05) is 17.5 Å². The molecule has 0 aliphatic heterocycles. The van der Waals surface area contributed by atoms with Crippen LogP contribution in [0.1, 0.15) is 10.4 Å². The molecule has 0 aliphatic rings. The lowest BCUT2D eigenvalue weighted by atomic mass is 10.2. The molecule has 0 fully saturated rings. The summed E-state index contributed by atoms with van der Waals surface area (Å²) in [5, 5.41) is 5.96. The van der Waals surface area contributed by atoms with Crippen LogP contribution in [-0.4, -0.2) is 19.3 Å². The van der Waals surface area contributed by atoms with Gasteiger partial charge in [0.05, 0.1) is 21.8 Å². The van der Waals surface area contributed by atoms with Crippen molar-refractivity contribution in [1.82, 2.24) is 4.98 Å². The molecule has 0 saturated carbocycles. The quantitative estimate of drug-likeness (QED) is 0.329. The van der Waals surface area contributed by atoms with Crippen molar-refractivity contribution < 1.29 is 13.2 Å². The Kier molecular flexibility index (Phi) is 6.48. The van der Waals surface area contributed by atoms with E-state index >= 15 is 0 Å². The van der Waals surface area contributed by atoms with Crippen LogP contribution in [0.25, 0.3) is 11.3 Å². The number of carbonyl (C=O) groups is 1. The van der Waals surface area contributed by atoms with Gasteiger partial charge in [0, 0.05) is 21.0 Å². The first-order valence-corrected chi connectivity index (χ1v) is 12.3. The topological polar surface area (TPSA) is 88.2 Å². The monoisotopic (exact) mass is 503 g/mol. The number of hydrogen-bond acceptors (Lipinski definition) is 5. The maximum absolute atomic E-state index is 12.9. The third-order valence-corrected chi connectivity index (χ3v) is 7.05. The Morgan fingerprint density at radius 1 is 0.875 bits per heavy atom. The van der Waals surface area contributed by atoms with Gasteiger partial charge in [0.2, 0.25) is 0 Å². The van der Waals surface area contributed by atoms with E-state index in [1.165, 1.54) is 47.7 Å². The van der Waals surface area contributed by atoms with Crippen molar-refractivity contribution in [2.75, 3.05) is 10.0 Å². The minimum absolute atomic E-state index is 0.0321. The minimum Gasteiger partial charge on any atom is -0.298 e. The minimum atomic E-state index is -3.91. The number of amides is 1. The van der Waals surface area contributed by atoms with Crippen LogP contribution in [0.2, 0.25) is 10.0 Å². The molecule has 0 spiro atoms. The first-order chi connectivity index (χ1) is 15.3. The Labute approximate surface area is 198 Å². The summed E-state index contributed by atoms with van der Waals surface area (Å²) in [6.45, 7) is 0. The van der Waals surface area contributed by atoms with E-state index in [4.69, 9.17) is 23.2 Å². The maximum atomic E-state index is 12.9. The van der Waals surface area contributed by atoms with E-state index in [1.54, 1.807) is 24.3 Å². The van der Waals surface area contributed by atoms with E-state index in [0.717, 1.165) is 5.56 Å². The van der Waals surface area contributed by atoms with Crippen LogP contribution < -0.4 is 10.0 Å². The van der Waals surface area contributed by atoms with Crippen LogP contribution in [0.4, 0.5) is 10.8 Å². The highest BCUT2D eigenvalue weighted by molar-refractivity contribution is 7.92. The number of anilines is 2. The summed E-state index contributed by atoms with van der Waals surface area (Å²) >= 11 is 13.0. The van der Waals surface area contributed by atoms with Gasteiger partial charge < -0.3 is 0 Å². The second-order valence-corrected chi connectivity index (χ2v) is 10.0. The van der Waals surface area contributed by atoms with Gasteiger partial charge in [0.15, 0.2) is 5.13 Å². The molecule has 3 aromatic carbocycles. The average Bonchev–Trinajstić information content (AvgIpc) is 3.23. The molecule has 4 aromatic rings. The smallest absolute Gasteiger partial charge is 0.261 e. The fourth-order valence-corrected chi connectivity index (χ4v) is 4.88. The summed E-state index contributed by atoms with van der Waals surface area (Å²) in [6, 6.07) is 19.3. The number of carbonyl (C=O) groups excluding carboxylic acids is 1. The summed E-state index contributed by atoms with van der Waals surface area (Å²) in [6.07, 6.45) is 0. The Morgan fingerprint density at radius 3 is 2.19 bits per heavy atom. The van der Waals surface area contributed by atoms with E-state index in [0.29, 0.717) is 20.9 Å². The molecule has 0 unspecified atom stereocenters. The number of nitrogens with zero attached hydrogens (tertiary/aromatic N) is 1. The van der Waals surface area contributed by atoms with Gasteiger partial charge in [-0.2, -0.15) is 0 Å². The van der Waals surface area contributed by atoms with E-state index in [2.05, 4.69) is 15.0 Å². The SMILES string of the molecule is O=C(Nc1nc(-c2ccc(Cl)cc2)cs1)c1ccccc1NS(=O)(=O)c1ccc(Cl)cc1. The number of rotatable bonds is 6. The highest BCUT2D eigenvalue weighted by Gasteiger charge is 2.19. The molecule has 10 heteroatoms. The van der Waals surface area contributed by atoms with E-state index in [-0.39, 0.29) is 16.1 Å². The average molecular weight is 504 g/mol. The first kappa shape index (κ1) is 22.3. The van der Waals surface area contributed by atoms with Crippen molar-refractivity contribution in [3.05, 3.63) is 93.8 Å². The highest BCUT2D eigenvalue weighted by atomic mass is 35.5. The maximum Gasteiger partial charge on any atom is 0.261 e. The molecule has 0 saturated heterocycles. The highest BCUT2D eigenvalue weighted by Crippen LogP contribution is 2.27. The van der Waals surface area contributed by atoms with Gasteiger partial charge in [-0.25, -0.2) is 13.4 Å². The summed E-state index contributed by atoms with van der Waals surface area (Å²) < 4.78 is 27.9. The lowest BCUT2D eigenvalue weighted by Crippen LogP contribution is -2.18. The third kappa shape index (κ3) is 5.11. The molecule has 6 nitrogen and oxygen atoms in total. The third-order valence-electron chi connectivity index (χ3n) is 4.40. The van der Waals surface area contributed by atoms with Crippen molar-refractivity contribution in [3.63, 3.8) is 0 Å². The number of hydrogen-bond donors (Lipinski definition) is 2. The zero-order valence-electron chi connectivity index (χ0n) is 16.2. The number of para-hydroxylation sites is 1. The zero-order valence-corrected chi connectivity index (χ0v) is 19.4. The predicted octanol–water partition coefficient (Wildman–Crippen LogP) is 6.17. The van der Waals surface area contributed by atoms with Crippen molar-refractivity contribution in [1.29, 1.82) is 0 Å². The first-order valence-electron chi connectivity index (χ1n) is 9.22. The van der Waals surface area contributed by atoms with Gasteiger partial charge in [-0.3, -0.25) is 14.8 Å². The molecule has 0 aliphatic carbocycles. The van der Waals surface area contributed by atoms with Crippen LogP contribution in [-0.2, 0) is 10.0 Å². The van der Waals surface area contributed by atoms with Crippen LogP contribution in [0.15, 0.2) is 83.1 Å². The number of sulfonamides is 1. The van der Waals surface area contributed by atoms with Crippen molar-refractivity contribution in [2.24, 2.45) is 0 Å². The van der Waals surface area contributed by atoms with Gasteiger partial charge in [-0.15, -0.1) is 11.3 Å². The van der Waals surface area contributed by atoms with Gasteiger partial charge in [0.25, 0.3) is 15.9 Å². The summed E-state index contributed by atoms with van der Waals surface area (Å²) in [7, 11) is -3.91. The molecule has 0 bridgehead atoms. The molecule has 4 rings (SSSR count). The standard InChI is InChI=1S/C22H15Cl2N3O3S2/c23-15-7-5-14(6-8-15)20-13-31-22(25-20)26-21(28)18-3-1-2-4-19(18)27-32(29,30)17-11-9-16(24)10-12-17/h1-13,27H,(H,25,26,28). The molecule has 0 atom stereocenters. The van der Waals surface area contributed by atoms with E-state index in [9.17, 15) is 13.2 Å². The zero-order chi connectivity index (χ0) is 22.7. The van der Waals surface area contributed by atoms with Gasteiger partial charge in [-0.05, 0) is 48.5 Å². The number of nitrogens with one attached hydrogen (secondary N) is 2. The lowest BCUT2D eigenvalue weighted by molar-refractivity contribution is 0.102. The molecular weight excluding hydrogens is 489 g/mol. The Hall–Kier alpha value is -2.91. The van der Waals surface area contributed by atoms with Gasteiger partial charge in [0.1, 0.15) is 0 Å². The summed E-state index contributed by atoms with van der Waals surface area (Å²) in [5.41, 5.74) is 1.86. The van der Waals surface area contributed by atoms with Crippen LogP contribution in [0, 0.1) is 0 Å². The number of aromatic nitrogens is 1. The molecular formula is C22H15Cl2N3O3S2. The molecule has 1 heterocycles. The van der Waals surface area contributed by atoms with Crippen LogP contribution >= 0.6 is 34.5 Å². The second kappa shape index (κ2) is 9.30. The fraction of sp³-hybridized carbons (Fsp3) is 0. The molecule has 32 heavy (non-hydrogen) atoms. The number of benzene rings is 3. The lowest BCUT2D eigenvalue weighted by Gasteiger charge is -2.12. The molecule has 2 N–H and O–H groups in total. The van der Waals surface area contributed by atoms with Gasteiger partial charge in [-0.1, -0.05) is 47.5 Å². The molecule has 1 amide bonds. The van der Waals surface area contributed by atoms with Crippen molar-refractivity contribution in [3.8, 4) is 11.3 Å². The Balaban J connectivity index is 1.54. The fourth-order valence-electron chi connectivity index (χ4n) is 2.84. The molecule has 162 valence electrons. The number of halogens is 2. The van der Waals surface area contributed by atoms with E-state index < -0.39 is 15.9 Å². The van der Waals surface area contributed by atoms with Gasteiger partial charge >= 0.3 is 0 Å². The normalized spacial score (nSPS) is 11.2. The van der Waals surface area contributed by atoms with Crippen molar-refractivity contribution in [2.45, 2.75) is 4.90 Å².